The number of rotatable bonds is 5. The zero-order chi connectivity index (χ0) is 14.6. The molecule has 0 aliphatic heterocycles. The monoisotopic (exact) mass is 276 g/mol. The topological polar surface area (TPSA) is 47.3 Å². The van der Waals surface area contributed by atoms with Gasteiger partial charge < -0.3 is 4.74 Å². The summed E-state index contributed by atoms with van der Waals surface area (Å²) in [6, 6.07) is 8.57. The van der Waals surface area contributed by atoms with Crippen LogP contribution in [0.5, 0.6) is 5.75 Å². The van der Waals surface area contributed by atoms with Crippen LogP contribution in [0.3, 0.4) is 0 Å². The van der Waals surface area contributed by atoms with Crippen molar-refractivity contribution in [2.24, 2.45) is 17.2 Å². The predicted molar refractivity (Wildman–Crippen MR) is 83.5 cm³/mol. The van der Waals surface area contributed by atoms with Crippen molar-refractivity contribution in [2.45, 2.75) is 52.0 Å². The highest BCUT2D eigenvalue weighted by Gasteiger charge is 2.31. The molecule has 1 saturated carbocycles. The van der Waals surface area contributed by atoms with Crippen molar-refractivity contribution in [3.63, 3.8) is 0 Å². The lowest BCUT2D eigenvalue weighted by Crippen LogP contribution is -2.44. The van der Waals surface area contributed by atoms with Gasteiger partial charge in [-0.05, 0) is 55.1 Å². The van der Waals surface area contributed by atoms with Gasteiger partial charge in [-0.3, -0.25) is 11.3 Å². The summed E-state index contributed by atoms with van der Waals surface area (Å²) >= 11 is 0. The van der Waals surface area contributed by atoms with Crippen molar-refractivity contribution in [1.82, 2.24) is 5.43 Å². The molecule has 0 radical (unpaired) electrons. The number of methoxy groups -OCH3 is 1. The lowest BCUT2D eigenvalue weighted by molar-refractivity contribution is 0.160. The van der Waals surface area contributed by atoms with E-state index in [1.54, 1.807) is 7.11 Å². The van der Waals surface area contributed by atoms with Gasteiger partial charge in [-0.1, -0.05) is 32.0 Å². The fraction of sp³-hybridized carbons (Fsp3) is 0.647. The van der Waals surface area contributed by atoms with Gasteiger partial charge in [0.05, 0.1) is 7.11 Å². The van der Waals surface area contributed by atoms with Crippen LogP contribution < -0.4 is 16.0 Å². The maximum atomic E-state index is 5.82. The van der Waals surface area contributed by atoms with E-state index >= 15 is 0 Å². The summed E-state index contributed by atoms with van der Waals surface area (Å²) in [5.74, 6) is 7.45. The highest BCUT2D eigenvalue weighted by Crippen LogP contribution is 2.39. The molecule has 0 aromatic heterocycles. The SMILES string of the molecule is COc1ccccc1CC(NN)C1CCC(C)(C)CC1. The number of hydrogen-bond donors (Lipinski definition) is 2. The Labute approximate surface area is 122 Å². The average Bonchev–Trinajstić information content (AvgIpc) is 2.45. The molecule has 3 nitrogen and oxygen atoms in total. The molecule has 3 heteroatoms. The first-order valence-electron chi connectivity index (χ1n) is 7.64. The highest BCUT2D eigenvalue weighted by atomic mass is 16.5. The van der Waals surface area contributed by atoms with E-state index in [1.165, 1.54) is 31.2 Å². The Bertz CT molecular complexity index is 421. The van der Waals surface area contributed by atoms with E-state index < -0.39 is 0 Å². The molecule has 0 saturated heterocycles. The summed E-state index contributed by atoms with van der Waals surface area (Å²) in [5, 5.41) is 0. The summed E-state index contributed by atoms with van der Waals surface area (Å²) in [5.41, 5.74) is 4.78. The zero-order valence-corrected chi connectivity index (χ0v) is 13.0. The molecule has 1 aromatic carbocycles. The van der Waals surface area contributed by atoms with Gasteiger partial charge in [-0.25, -0.2) is 0 Å². The summed E-state index contributed by atoms with van der Waals surface area (Å²) in [7, 11) is 1.73. The van der Waals surface area contributed by atoms with Crippen LogP contribution in [0.25, 0.3) is 0 Å². The number of nitrogens with two attached hydrogens (primary N) is 1. The van der Waals surface area contributed by atoms with Crippen LogP contribution in [-0.4, -0.2) is 13.2 Å². The lowest BCUT2D eigenvalue weighted by Gasteiger charge is -2.38. The van der Waals surface area contributed by atoms with E-state index in [4.69, 9.17) is 10.6 Å². The summed E-state index contributed by atoms with van der Waals surface area (Å²) in [6.07, 6.45) is 6.04. The minimum atomic E-state index is 0.336. The molecule has 0 spiro atoms. The molecular weight excluding hydrogens is 248 g/mol. The van der Waals surface area contributed by atoms with Gasteiger partial charge in [0.25, 0.3) is 0 Å². The highest BCUT2D eigenvalue weighted by molar-refractivity contribution is 5.33. The fourth-order valence-electron chi connectivity index (χ4n) is 3.29. The Morgan fingerprint density at radius 2 is 1.95 bits per heavy atom. The molecule has 1 aromatic rings. The van der Waals surface area contributed by atoms with Crippen LogP contribution in [0.2, 0.25) is 0 Å². The molecule has 0 amide bonds. The van der Waals surface area contributed by atoms with Gasteiger partial charge >= 0.3 is 0 Å². The molecule has 2 rings (SSSR count). The van der Waals surface area contributed by atoms with E-state index in [0.717, 1.165) is 12.2 Å². The van der Waals surface area contributed by atoms with Gasteiger partial charge in [-0.2, -0.15) is 0 Å². The van der Waals surface area contributed by atoms with Crippen molar-refractivity contribution in [1.29, 1.82) is 0 Å². The number of hydrogen-bond acceptors (Lipinski definition) is 3. The molecule has 1 aliphatic carbocycles. The third kappa shape index (κ3) is 3.74. The molecular formula is C17H28N2O. The summed E-state index contributed by atoms with van der Waals surface area (Å²) < 4.78 is 5.44. The third-order valence-electron chi connectivity index (χ3n) is 4.80. The molecule has 1 atom stereocenters. The number of nitrogens with one attached hydrogen (secondary N) is 1. The quantitative estimate of drug-likeness (QED) is 0.641. The predicted octanol–water partition coefficient (Wildman–Crippen LogP) is 3.29. The van der Waals surface area contributed by atoms with Crippen molar-refractivity contribution in [3.05, 3.63) is 29.8 Å². The van der Waals surface area contributed by atoms with E-state index in [1.807, 2.05) is 12.1 Å². The lowest BCUT2D eigenvalue weighted by atomic mass is 9.70. The van der Waals surface area contributed by atoms with E-state index in [9.17, 15) is 0 Å². The van der Waals surface area contributed by atoms with Crippen LogP contribution in [0.15, 0.2) is 24.3 Å². The minimum Gasteiger partial charge on any atom is -0.496 e. The van der Waals surface area contributed by atoms with E-state index in [2.05, 4.69) is 31.4 Å². The smallest absolute Gasteiger partial charge is 0.122 e. The largest absolute Gasteiger partial charge is 0.496 e. The molecule has 0 bridgehead atoms. The van der Waals surface area contributed by atoms with Gasteiger partial charge in [-0.15, -0.1) is 0 Å². The van der Waals surface area contributed by atoms with E-state index in [-0.39, 0.29) is 0 Å². The maximum absolute atomic E-state index is 5.82. The molecule has 112 valence electrons. The Morgan fingerprint density at radius 3 is 2.55 bits per heavy atom. The number of benzene rings is 1. The third-order valence-corrected chi connectivity index (χ3v) is 4.80. The molecule has 3 N–H and O–H groups in total. The molecule has 20 heavy (non-hydrogen) atoms. The van der Waals surface area contributed by atoms with Crippen LogP contribution in [0, 0.1) is 11.3 Å². The van der Waals surface area contributed by atoms with E-state index in [0.29, 0.717) is 17.4 Å². The van der Waals surface area contributed by atoms with Crippen molar-refractivity contribution < 1.29 is 4.74 Å². The van der Waals surface area contributed by atoms with Gasteiger partial charge in [0.1, 0.15) is 5.75 Å². The van der Waals surface area contributed by atoms with Gasteiger partial charge in [0, 0.05) is 6.04 Å². The molecule has 1 fully saturated rings. The van der Waals surface area contributed by atoms with Crippen LogP contribution >= 0.6 is 0 Å². The minimum absolute atomic E-state index is 0.336. The van der Waals surface area contributed by atoms with Crippen molar-refractivity contribution in [2.75, 3.05) is 7.11 Å². The molecule has 0 heterocycles. The number of hydrazine groups is 1. The first kappa shape index (κ1) is 15.3. The van der Waals surface area contributed by atoms with Crippen molar-refractivity contribution in [3.8, 4) is 5.75 Å². The Morgan fingerprint density at radius 1 is 1.30 bits per heavy atom. The van der Waals surface area contributed by atoms with Crippen LogP contribution in [-0.2, 0) is 6.42 Å². The molecule has 1 unspecified atom stereocenters. The second-order valence-corrected chi connectivity index (χ2v) is 6.79. The second kappa shape index (κ2) is 6.59. The first-order chi connectivity index (χ1) is 9.55. The standard InChI is InChI=1S/C17H28N2O/c1-17(2)10-8-13(9-11-17)15(19-18)12-14-6-4-5-7-16(14)20-3/h4-7,13,15,19H,8-12,18H2,1-3H3. The fourth-order valence-corrected chi connectivity index (χ4v) is 3.29. The number of para-hydroxylation sites is 1. The first-order valence-corrected chi connectivity index (χ1v) is 7.64. The van der Waals surface area contributed by atoms with Crippen LogP contribution in [0.4, 0.5) is 0 Å². The van der Waals surface area contributed by atoms with Crippen LogP contribution in [0.1, 0.15) is 45.1 Å². The Balaban J connectivity index is 2.02. The average molecular weight is 276 g/mol. The number of ether oxygens (including phenoxy) is 1. The van der Waals surface area contributed by atoms with Gasteiger partial charge in [0.15, 0.2) is 0 Å². The van der Waals surface area contributed by atoms with Gasteiger partial charge in [0.2, 0.25) is 0 Å². The summed E-state index contributed by atoms with van der Waals surface area (Å²) in [6.45, 7) is 4.74. The Hall–Kier alpha value is -1.06. The second-order valence-electron chi connectivity index (χ2n) is 6.79. The van der Waals surface area contributed by atoms with Crippen molar-refractivity contribution >= 4 is 0 Å². The maximum Gasteiger partial charge on any atom is 0.122 e. The Kier molecular flexibility index (Phi) is 5.06. The zero-order valence-electron chi connectivity index (χ0n) is 13.0. The summed E-state index contributed by atoms with van der Waals surface area (Å²) in [4.78, 5) is 0. The normalized spacial score (nSPS) is 20.6. The molecule has 1 aliphatic rings.